The Morgan fingerprint density at radius 2 is 1.79 bits per heavy atom. The van der Waals surface area contributed by atoms with Crippen molar-refractivity contribution in [2.75, 3.05) is 14.2 Å². The quantitative estimate of drug-likeness (QED) is 0.731. The maximum absolute atomic E-state index is 11.3. The van der Waals surface area contributed by atoms with E-state index in [4.69, 9.17) is 4.74 Å². The first kappa shape index (κ1) is 12.9. The second kappa shape index (κ2) is 4.95. The molecule has 1 amide bonds. The minimum atomic E-state index is -0.750. The summed E-state index contributed by atoms with van der Waals surface area (Å²) in [6.07, 6.45) is -0.643. The molecule has 0 spiro atoms. The van der Waals surface area contributed by atoms with Gasteiger partial charge in [0.2, 0.25) is 0 Å². The van der Waals surface area contributed by atoms with E-state index in [-0.39, 0.29) is 5.78 Å². The number of amides is 1. The molecule has 0 aromatic rings. The Morgan fingerprint density at radius 3 is 2.07 bits per heavy atom. The normalized spacial score (nSPS) is 13.2. The predicted molar refractivity (Wildman–Crippen MR) is 51.1 cm³/mol. The van der Waals surface area contributed by atoms with E-state index in [1.807, 2.05) is 0 Å². The summed E-state index contributed by atoms with van der Waals surface area (Å²) >= 11 is 0. The smallest absolute Gasteiger partial charge is 0.407 e. The zero-order valence-electron chi connectivity index (χ0n) is 9.21. The van der Waals surface area contributed by atoms with Crippen LogP contribution < -0.4 is 5.32 Å². The van der Waals surface area contributed by atoms with E-state index in [1.165, 1.54) is 21.1 Å². The third kappa shape index (κ3) is 3.33. The van der Waals surface area contributed by atoms with E-state index in [0.717, 1.165) is 0 Å². The van der Waals surface area contributed by atoms with Crippen molar-refractivity contribution in [3.05, 3.63) is 0 Å². The van der Waals surface area contributed by atoms with Gasteiger partial charge in [0.1, 0.15) is 6.04 Å². The summed E-state index contributed by atoms with van der Waals surface area (Å²) in [5.41, 5.74) is -0.750. The molecule has 1 atom stereocenters. The van der Waals surface area contributed by atoms with Crippen LogP contribution in [0.3, 0.4) is 0 Å². The highest BCUT2D eigenvalue weighted by Crippen LogP contribution is 2.14. The van der Waals surface area contributed by atoms with Gasteiger partial charge in [0, 0.05) is 7.11 Å². The fourth-order valence-corrected chi connectivity index (χ4v) is 1.06. The largest absolute Gasteiger partial charge is 0.453 e. The Morgan fingerprint density at radius 1 is 1.29 bits per heavy atom. The first-order chi connectivity index (χ1) is 6.35. The Hall–Kier alpha value is -1.10. The van der Waals surface area contributed by atoms with Crippen molar-refractivity contribution in [3.8, 4) is 0 Å². The van der Waals surface area contributed by atoms with Crippen LogP contribution in [-0.2, 0) is 14.3 Å². The van der Waals surface area contributed by atoms with Crippen LogP contribution in [0, 0.1) is 0 Å². The second-order valence-electron chi connectivity index (χ2n) is 3.49. The minimum absolute atomic E-state index is 0.178. The molecule has 14 heavy (non-hydrogen) atoms. The van der Waals surface area contributed by atoms with Crippen molar-refractivity contribution in [2.24, 2.45) is 0 Å². The molecule has 0 heterocycles. The molecule has 1 N–H and O–H groups in total. The first-order valence-electron chi connectivity index (χ1n) is 4.25. The summed E-state index contributed by atoms with van der Waals surface area (Å²) < 4.78 is 9.53. The molecule has 0 aromatic carbocycles. The van der Waals surface area contributed by atoms with Gasteiger partial charge >= 0.3 is 6.09 Å². The number of nitrogens with one attached hydrogen (secondary N) is 1. The molecule has 0 aliphatic carbocycles. The van der Waals surface area contributed by atoms with Gasteiger partial charge in [-0.25, -0.2) is 4.79 Å². The number of carbonyl (C=O) groups is 2. The van der Waals surface area contributed by atoms with Crippen LogP contribution in [0.2, 0.25) is 0 Å². The van der Waals surface area contributed by atoms with Crippen molar-refractivity contribution < 1.29 is 19.1 Å². The Balaban J connectivity index is 4.61. The highest BCUT2D eigenvalue weighted by molar-refractivity contribution is 5.86. The summed E-state index contributed by atoms with van der Waals surface area (Å²) in [4.78, 5) is 22.2. The monoisotopic (exact) mass is 203 g/mol. The molecule has 0 bridgehead atoms. The van der Waals surface area contributed by atoms with Crippen molar-refractivity contribution in [1.82, 2.24) is 5.32 Å². The van der Waals surface area contributed by atoms with Gasteiger partial charge in [-0.15, -0.1) is 0 Å². The summed E-state index contributed by atoms with van der Waals surface area (Å²) in [5, 5.41) is 2.42. The molecule has 0 aromatic heterocycles. The summed E-state index contributed by atoms with van der Waals surface area (Å²) in [6.45, 7) is 4.82. The number of hydrogen-bond acceptors (Lipinski definition) is 4. The number of Topliss-reactive ketones (excluding diaryl/α,β-unsaturated/α-hetero) is 1. The van der Waals surface area contributed by atoms with E-state index >= 15 is 0 Å². The number of ether oxygens (including phenoxy) is 2. The molecule has 0 radical (unpaired) electrons. The van der Waals surface area contributed by atoms with E-state index in [9.17, 15) is 9.59 Å². The SMILES string of the molecule is COC(=O)N[C@H](C(C)=O)C(C)(C)OC. The van der Waals surface area contributed by atoms with Crippen molar-refractivity contribution >= 4 is 11.9 Å². The molecule has 5 heteroatoms. The summed E-state index contributed by atoms with van der Waals surface area (Å²) in [7, 11) is 2.72. The molecule has 0 aliphatic heterocycles. The molecule has 0 saturated heterocycles. The van der Waals surface area contributed by atoms with Gasteiger partial charge in [-0.3, -0.25) is 4.79 Å². The number of alkyl carbamates (subject to hydrolysis) is 1. The van der Waals surface area contributed by atoms with E-state index in [2.05, 4.69) is 10.1 Å². The van der Waals surface area contributed by atoms with Gasteiger partial charge in [-0.1, -0.05) is 0 Å². The third-order valence-electron chi connectivity index (χ3n) is 2.08. The van der Waals surface area contributed by atoms with E-state index in [1.54, 1.807) is 13.8 Å². The fraction of sp³-hybridized carbons (Fsp3) is 0.778. The average molecular weight is 203 g/mol. The molecule has 0 saturated carbocycles. The standard InChI is InChI=1S/C9H17NO4/c1-6(11)7(9(2,3)14-5)10-8(12)13-4/h7H,1-5H3,(H,10,12)/t7-/m1/s1. The number of methoxy groups -OCH3 is 2. The van der Waals surface area contributed by atoms with Crippen LogP contribution in [0.1, 0.15) is 20.8 Å². The number of rotatable bonds is 4. The highest BCUT2D eigenvalue weighted by atomic mass is 16.5. The third-order valence-corrected chi connectivity index (χ3v) is 2.08. The molecule has 0 unspecified atom stereocenters. The maximum Gasteiger partial charge on any atom is 0.407 e. The van der Waals surface area contributed by atoms with Crippen LogP contribution in [0.15, 0.2) is 0 Å². The molecular weight excluding hydrogens is 186 g/mol. The first-order valence-corrected chi connectivity index (χ1v) is 4.25. The Bertz CT molecular complexity index is 225. The van der Waals surface area contributed by atoms with Crippen LogP contribution in [0.5, 0.6) is 0 Å². The summed E-state index contributed by atoms with van der Waals surface area (Å²) in [5.74, 6) is -0.178. The van der Waals surface area contributed by atoms with Gasteiger partial charge in [0.05, 0.1) is 12.7 Å². The van der Waals surface area contributed by atoms with Crippen molar-refractivity contribution in [1.29, 1.82) is 0 Å². The fourth-order valence-electron chi connectivity index (χ4n) is 1.06. The molecule has 0 aliphatic rings. The lowest BCUT2D eigenvalue weighted by Gasteiger charge is -2.31. The Kier molecular flexibility index (Phi) is 4.56. The van der Waals surface area contributed by atoms with Crippen LogP contribution in [-0.4, -0.2) is 37.7 Å². The van der Waals surface area contributed by atoms with Crippen molar-refractivity contribution in [2.45, 2.75) is 32.4 Å². The lowest BCUT2D eigenvalue weighted by atomic mass is 9.95. The molecule has 5 nitrogen and oxygen atoms in total. The number of ketones is 1. The van der Waals surface area contributed by atoms with Crippen LogP contribution in [0.4, 0.5) is 4.79 Å². The van der Waals surface area contributed by atoms with Gasteiger partial charge in [0.25, 0.3) is 0 Å². The number of carbonyl (C=O) groups excluding carboxylic acids is 2. The van der Waals surface area contributed by atoms with Gasteiger partial charge < -0.3 is 14.8 Å². The second-order valence-corrected chi connectivity index (χ2v) is 3.49. The lowest BCUT2D eigenvalue weighted by Crippen LogP contribution is -2.54. The number of hydrogen-bond donors (Lipinski definition) is 1. The molecule has 82 valence electrons. The molecule has 0 rings (SSSR count). The summed E-state index contributed by atoms with van der Waals surface area (Å²) in [6, 6.07) is -0.708. The minimum Gasteiger partial charge on any atom is -0.453 e. The average Bonchev–Trinajstić information content (AvgIpc) is 2.12. The van der Waals surface area contributed by atoms with E-state index < -0.39 is 17.7 Å². The topological polar surface area (TPSA) is 64.6 Å². The zero-order chi connectivity index (χ0) is 11.4. The van der Waals surface area contributed by atoms with Gasteiger partial charge in [0.15, 0.2) is 5.78 Å². The Labute approximate surface area is 83.8 Å². The maximum atomic E-state index is 11.3. The zero-order valence-corrected chi connectivity index (χ0v) is 9.21. The predicted octanol–water partition coefficient (Wildman–Crippen LogP) is 0.725. The van der Waals surface area contributed by atoms with Crippen molar-refractivity contribution in [3.63, 3.8) is 0 Å². The lowest BCUT2D eigenvalue weighted by molar-refractivity contribution is -0.125. The molecular formula is C9H17NO4. The van der Waals surface area contributed by atoms with Crippen LogP contribution >= 0.6 is 0 Å². The molecule has 0 fully saturated rings. The van der Waals surface area contributed by atoms with Crippen LogP contribution in [0.25, 0.3) is 0 Å². The van der Waals surface area contributed by atoms with Gasteiger partial charge in [-0.05, 0) is 20.8 Å². The van der Waals surface area contributed by atoms with Gasteiger partial charge in [-0.2, -0.15) is 0 Å². The van der Waals surface area contributed by atoms with E-state index in [0.29, 0.717) is 0 Å². The highest BCUT2D eigenvalue weighted by Gasteiger charge is 2.34.